The second-order valence-corrected chi connectivity index (χ2v) is 6.48. The molecule has 0 saturated carbocycles. The van der Waals surface area contributed by atoms with Crippen molar-refractivity contribution >= 4 is 12.2 Å². The second-order valence-electron chi connectivity index (χ2n) is 6.48. The molecule has 2 saturated heterocycles. The summed E-state index contributed by atoms with van der Waals surface area (Å²) in [7, 11) is 1.39. The van der Waals surface area contributed by atoms with E-state index in [1.54, 1.807) is 9.80 Å². The lowest BCUT2D eigenvalue weighted by molar-refractivity contribution is -0.0300. The van der Waals surface area contributed by atoms with E-state index in [2.05, 4.69) is 0 Å². The van der Waals surface area contributed by atoms with Crippen molar-refractivity contribution in [3.05, 3.63) is 0 Å². The van der Waals surface area contributed by atoms with Crippen LogP contribution in [0.1, 0.15) is 27.2 Å². The van der Waals surface area contributed by atoms with Crippen molar-refractivity contribution in [1.82, 2.24) is 9.80 Å². The van der Waals surface area contributed by atoms with Crippen LogP contribution in [0.4, 0.5) is 9.59 Å². The van der Waals surface area contributed by atoms with Crippen LogP contribution in [-0.2, 0) is 9.47 Å². The van der Waals surface area contributed by atoms with E-state index >= 15 is 0 Å². The SMILES string of the molecule is COC(=O)N1CCC2(C1)CN(C(=O)OC(C)(C)C)C2. The molecule has 0 aromatic heterocycles. The molecule has 0 atom stereocenters. The average molecular weight is 270 g/mol. The Bertz CT molecular complexity index is 383. The fourth-order valence-corrected chi connectivity index (χ4v) is 2.70. The van der Waals surface area contributed by atoms with E-state index in [1.807, 2.05) is 20.8 Å². The number of amides is 2. The maximum atomic E-state index is 11.9. The molecule has 1 spiro atoms. The summed E-state index contributed by atoms with van der Waals surface area (Å²) < 4.78 is 10.0. The van der Waals surface area contributed by atoms with E-state index in [9.17, 15) is 9.59 Å². The first-order valence-electron chi connectivity index (χ1n) is 6.56. The van der Waals surface area contributed by atoms with Gasteiger partial charge in [-0.25, -0.2) is 9.59 Å². The fourth-order valence-electron chi connectivity index (χ4n) is 2.70. The van der Waals surface area contributed by atoms with E-state index in [4.69, 9.17) is 9.47 Å². The third-order valence-electron chi connectivity index (χ3n) is 3.58. The van der Waals surface area contributed by atoms with Gasteiger partial charge in [0.1, 0.15) is 5.60 Å². The van der Waals surface area contributed by atoms with Crippen LogP contribution < -0.4 is 0 Å². The molecule has 2 amide bonds. The van der Waals surface area contributed by atoms with Gasteiger partial charge in [-0.2, -0.15) is 0 Å². The van der Waals surface area contributed by atoms with Crippen LogP contribution >= 0.6 is 0 Å². The zero-order valence-corrected chi connectivity index (χ0v) is 12.1. The number of carbonyl (C=O) groups is 2. The molecule has 0 radical (unpaired) electrons. The summed E-state index contributed by atoms with van der Waals surface area (Å²) in [5, 5.41) is 0. The third-order valence-corrected chi connectivity index (χ3v) is 3.58. The largest absolute Gasteiger partial charge is 0.453 e. The number of methoxy groups -OCH3 is 1. The maximum Gasteiger partial charge on any atom is 0.410 e. The molecule has 0 aromatic carbocycles. The zero-order chi connectivity index (χ0) is 14.3. The average Bonchev–Trinajstić information content (AvgIpc) is 2.68. The number of rotatable bonds is 0. The Labute approximate surface area is 113 Å². The Kier molecular flexibility index (Phi) is 3.36. The molecule has 2 aliphatic rings. The smallest absolute Gasteiger partial charge is 0.410 e. The number of hydrogen-bond acceptors (Lipinski definition) is 4. The van der Waals surface area contributed by atoms with E-state index in [1.165, 1.54) is 7.11 Å². The van der Waals surface area contributed by atoms with Gasteiger partial charge >= 0.3 is 12.2 Å². The minimum absolute atomic E-state index is 0.0467. The van der Waals surface area contributed by atoms with Crippen LogP contribution in [0.5, 0.6) is 0 Å². The molecular formula is C13H22N2O4. The van der Waals surface area contributed by atoms with Crippen LogP contribution in [0, 0.1) is 5.41 Å². The van der Waals surface area contributed by atoms with Crippen LogP contribution in [0.25, 0.3) is 0 Å². The van der Waals surface area contributed by atoms with Gasteiger partial charge in [0.15, 0.2) is 0 Å². The molecule has 6 nitrogen and oxygen atoms in total. The van der Waals surface area contributed by atoms with Crippen LogP contribution in [0.3, 0.4) is 0 Å². The summed E-state index contributed by atoms with van der Waals surface area (Å²) in [4.78, 5) is 26.7. The summed E-state index contributed by atoms with van der Waals surface area (Å²) in [5.41, 5.74) is -0.418. The molecule has 2 aliphatic heterocycles. The van der Waals surface area contributed by atoms with Crippen LogP contribution in [0.2, 0.25) is 0 Å². The first-order chi connectivity index (χ1) is 8.75. The maximum absolute atomic E-state index is 11.9. The quantitative estimate of drug-likeness (QED) is 0.672. The van der Waals surface area contributed by atoms with Gasteiger partial charge in [-0.3, -0.25) is 0 Å². The summed E-state index contributed by atoms with van der Waals surface area (Å²) in [6, 6.07) is 0. The van der Waals surface area contributed by atoms with Gasteiger partial charge in [0.25, 0.3) is 0 Å². The molecule has 19 heavy (non-hydrogen) atoms. The van der Waals surface area contributed by atoms with Crippen molar-refractivity contribution in [2.24, 2.45) is 5.41 Å². The van der Waals surface area contributed by atoms with Crippen LogP contribution in [0.15, 0.2) is 0 Å². The third kappa shape index (κ3) is 2.93. The molecule has 0 aliphatic carbocycles. The first kappa shape index (κ1) is 14.0. The molecule has 0 aromatic rings. The Morgan fingerprint density at radius 1 is 1.05 bits per heavy atom. The molecule has 0 N–H and O–H groups in total. The van der Waals surface area contributed by atoms with E-state index in [0.717, 1.165) is 6.42 Å². The van der Waals surface area contributed by atoms with E-state index in [-0.39, 0.29) is 17.6 Å². The van der Waals surface area contributed by atoms with E-state index < -0.39 is 5.60 Å². The summed E-state index contributed by atoms with van der Waals surface area (Å²) >= 11 is 0. The number of nitrogens with zero attached hydrogens (tertiary/aromatic N) is 2. The van der Waals surface area contributed by atoms with Gasteiger partial charge in [0.2, 0.25) is 0 Å². The Hall–Kier alpha value is -1.46. The predicted molar refractivity (Wildman–Crippen MR) is 68.8 cm³/mol. The summed E-state index contributed by atoms with van der Waals surface area (Å²) in [6.45, 7) is 8.26. The number of carbonyl (C=O) groups excluding carboxylic acids is 2. The van der Waals surface area contributed by atoms with Crippen molar-refractivity contribution in [3.8, 4) is 0 Å². The highest BCUT2D eigenvalue weighted by atomic mass is 16.6. The van der Waals surface area contributed by atoms with E-state index in [0.29, 0.717) is 26.2 Å². The topological polar surface area (TPSA) is 59.1 Å². The highest BCUT2D eigenvalue weighted by molar-refractivity contribution is 5.70. The van der Waals surface area contributed by atoms with Crippen molar-refractivity contribution in [2.45, 2.75) is 32.8 Å². The molecule has 6 heteroatoms. The molecule has 0 bridgehead atoms. The summed E-state index contributed by atoms with van der Waals surface area (Å²) in [6.07, 6.45) is 0.365. The minimum Gasteiger partial charge on any atom is -0.453 e. The van der Waals surface area contributed by atoms with Crippen molar-refractivity contribution < 1.29 is 19.1 Å². The minimum atomic E-state index is -0.465. The lowest BCUT2D eigenvalue weighted by atomic mass is 9.79. The normalized spacial score (nSPS) is 21.3. The van der Waals surface area contributed by atoms with Crippen molar-refractivity contribution in [3.63, 3.8) is 0 Å². The highest BCUT2D eigenvalue weighted by Crippen LogP contribution is 2.40. The summed E-state index contributed by atoms with van der Waals surface area (Å²) in [5.74, 6) is 0. The van der Waals surface area contributed by atoms with Crippen LogP contribution in [-0.4, -0.2) is 60.9 Å². The Morgan fingerprint density at radius 2 is 1.63 bits per heavy atom. The standard InChI is InChI=1S/C13H22N2O4/c1-12(2,3)19-11(17)15-8-13(9-15)5-6-14(7-13)10(16)18-4/h5-9H2,1-4H3. The van der Waals surface area contributed by atoms with Gasteiger partial charge in [-0.1, -0.05) is 0 Å². The Morgan fingerprint density at radius 3 is 2.16 bits per heavy atom. The zero-order valence-electron chi connectivity index (χ0n) is 12.1. The lowest BCUT2D eigenvalue weighted by Gasteiger charge is -2.47. The second kappa shape index (κ2) is 4.58. The Balaban J connectivity index is 1.83. The van der Waals surface area contributed by atoms with Gasteiger partial charge < -0.3 is 19.3 Å². The predicted octanol–water partition coefficient (Wildman–Crippen LogP) is 1.70. The number of hydrogen-bond donors (Lipinski definition) is 0. The first-order valence-corrected chi connectivity index (χ1v) is 6.56. The highest BCUT2D eigenvalue weighted by Gasteiger charge is 2.51. The molecule has 108 valence electrons. The number of likely N-dealkylation sites (tertiary alicyclic amines) is 2. The molecule has 2 heterocycles. The fraction of sp³-hybridized carbons (Fsp3) is 0.846. The van der Waals surface area contributed by atoms with Gasteiger partial charge in [0, 0.05) is 31.6 Å². The van der Waals surface area contributed by atoms with Crippen molar-refractivity contribution in [2.75, 3.05) is 33.3 Å². The molecule has 2 rings (SSSR count). The molecule has 0 unspecified atom stereocenters. The van der Waals surface area contributed by atoms with Gasteiger partial charge in [0.05, 0.1) is 7.11 Å². The lowest BCUT2D eigenvalue weighted by Crippen LogP contribution is -2.60. The monoisotopic (exact) mass is 270 g/mol. The van der Waals surface area contributed by atoms with Gasteiger partial charge in [-0.05, 0) is 27.2 Å². The molecular weight excluding hydrogens is 248 g/mol. The number of ether oxygens (including phenoxy) is 2. The van der Waals surface area contributed by atoms with Crippen molar-refractivity contribution in [1.29, 1.82) is 0 Å². The van der Waals surface area contributed by atoms with Gasteiger partial charge in [-0.15, -0.1) is 0 Å². The molecule has 2 fully saturated rings.